The molecule has 0 saturated carbocycles. The van der Waals surface area contributed by atoms with Gasteiger partial charge in [0.15, 0.2) is 22.8 Å². The lowest BCUT2D eigenvalue weighted by atomic mass is 10.1. The van der Waals surface area contributed by atoms with Crippen LogP contribution in [0.4, 0.5) is 13.2 Å². The van der Waals surface area contributed by atoms with Crippen molar-refractivity contribution in [2.75, 3.05) is 13.7 Å². The fourth-order valence-electron chi connectivity index (χ4n) is 3.04. The maximum atomic E-state index is 13.6. The molecule has 31 heavy (non-hydrogen) atoms. The number of furan rings is 1. The predicted octanol–water partition coefficient (Wildman–Crippen LogP) is 3.99. The highest BCUT2D eigenvalue weighted by atomic mass is 19.4. The Morgan fingerprint density at radius 3 is 2.61 bits per heavy atom. The third-order valence-electron chi connectivity index (χ3n) is 4.58. The Balaban J connectivity index is 1.55. The van der Waals surface area contributed by atoms with E-state index in [1.54, 1.807) is 25.3 Å². The van der Waals surface area contributed by atoms with E-state index in [9.17, 15) is 18.0 Å². The first-order valence-corrected chi connectivity index (χ1v) is 9.28. The van der Waals surface area contributed by atoms with Crippen LogP contribution < -0.4 is 10.1 Å². The largest absolute Gasteiger partial charge is 0.497 e. The van der Waals surface area contributed by atoms with Gasteiger partial charge in [-0.05, 0) is 42.3 Å². The number of benzene rings is 1. The summed E-state index contributed by atoms with van der Waals surface area (Å²) < 4.78 is 51.6. The SMILES string of the molecule is COc1ccc(CCNC(=O)c2cc3nc(-c4ccco4)cc(C(F)(F)F)n3n2)cc1. The Kier molecular flexibility index (Phi) is 5.37. The highest BCUT2D eigenvalue weighted by molar-refractivity contribution is 5.93. The zero-order valence-electron chi connectivity index (χ0n) is 16.3. The van der Waals surface area contributed by atoms with Crippen LogP contribution in [0.2, 0.25) is 0 Å². The Labute approximate surface area is 174 Å². The van der Waals surface area contributed by atoms with E-state index in [2.05, 4.69) is 15.4 Å². The molecule has 0 saturated heterocycles. The lowest BCUT2D eigenvalue weighted by Gasteiger charge is -2.09. The number of amides is 1. The summed E-state index contributed by atoms with van der Waals surface area (Å²) in [5, 5.41) is 6.49. The number of nitrogens with one attached hydrogen (secondary N) is 1. The smallest absolute Gasteiger partial charge is 0.433 e. The molecule has 0 fully saturated rings. The van der Waals surface area contributed by atoms with E-state index >= 15 is 0 Å². The van der Waals surface area contributed by atoms with Gasteiger partial charge in [-0.25, -0.2) is 9.50 Å². The van der Waals surface area contributed by atoms with Crippen LogP contribution >= 0.6 is 0 Å². The number of carbonyl (C=O) groups excluding carboxylic acids is 1. The molecule has 1 amide bonds. The first-order valence-electron chi connectivity index (χ1n) is 9.28. The monoisotopic (exact) mass is 430 g/mol. The van der Waals surface area contributed by atoms with Crippen molar-refractivity contribution in [3.8, 4) is 17.2 Å². The normalized spacial score (nSPS) is 11.6. The van der Waals surface area contributed by atoms with Crippen molar-refractivity contribution in [2.45, 2.75) is 12.6 Å². The number of nitrogens with zero attached hydrogens (tertiary/aromatic N) is 3. The maximum Gasteiger partial charge on any atom is 0.433 e. The van der Waals surface area contributed by atoms with Crippen molar-refractivity contribution in [1.82, 2.24) is 19.9 Å². The molecule has 0 aliphatic rings. The molecule has 0 spiro atoms. The third-order valence-corrected chi connectivity index (χ3v) is 4.58. The number of methoxy groups -OCH3 is 1. The number of ether oxygens (including phenoxy) is 1. The van der Waals surface area contributed by atoms with Gasteiger partial charge in [-0.2, -0.15) is 18.3 Å². The van der Waals surface area contributed by atoms with Crippen molar-refractivity contribution in [1.29, 1.82) is 0 Å². The van der Waals surface area contributed by atoms with Crippen LogP contribution in [0.15, 0.2) is 59.2 Å². The molecule has 0 atom stereocenters. The van der Waals surface area contributed by atoms with Gasteiger partial charge in [0.05, 0.1) is 13.4 Å². The number of alkyl halides is 3. The molecule has 160 valence electrons. The van der Waals surface area contributed by atoms with E-state index in [4.69, 9.17) is 9.15 Å². The molecule has 4 aromatic rings. The first-order chi connectivity index (χ1) is 14.8. The second-order valence-electron chi connectivity index (χ2n) is 6.66. The molecule has 1 N–H and O–H groups in total. The maximum absolute atomic E-state index is 13.6. The van der Waals surface area contributed by atoms with Crippen LogP contribution in [0.1, 0.15) is 21.7 Å². The van der Waals surface area contributed by atoms with Crippen LogP contribution in [-0.4, -0.2) is 34.2 Å². The van der Waals surface area contributed by atoms with Gasteiger partial charge < -0.3 is 14.5 Å². The number of halogens is 3. The Morgan fingerprint density at radius 2 is 1.97 bits per heavy atom. The molecular formula is C21H17F3N4O3. The highest BCUT2D eigenvalue weighted by Crippen LogP contribution is 2.32. The standard InChI is InChI=1S/C21H17F3N4O3/c1-30-14-6-4-13(5-7-14)8-9-25-20(29)16-12-19-26-15(17-3-2-10-31-17)11-18(21(22,23)24)28(19)27-16/h2-7,10-12H,8-9H2,1H3,(H,25,29). The second kappa shape index (κ2) is 8.13. The Bertz CT molecular complexity index is 1200. The predicted molar refractivity (Wildman–Crippen MR) is 105 cm³/mol. The van der Waals surface area contributed by atoms with Gasteiger partial charge in [0.25, 0.3) is 5.91 Å². The van der Waals surface area contributed by atoms with Gasteiger partial charge >= 0.3 is 6.18 Å². The molecule has 0 aliphatic carbocycles. The minimum Gasteiger partial charge on any atom is -0.497 e. The third kappa shape index (κ3) is 4.37. The molecule has 10 heteroatoms. The van der Waals surface area contributed by atoms with E-state index in [1.807, 2.05) is 12.1 Å². The fourth-order valence-corrected chi connectivity index (χ4v) is 3.04. The van der Waals surface area contributed by atoms with Crippen LogP contribution in [-0.2, 0) is 12.6 Å². The van der Waals surface area contributed by atoms with E-state index in [1.165, 1.54) is 18.4 Å². The fraction of sp³-hybridized carbons (Fsp3) is 0.190. The van der Waals surface area contributed by atoms with Gasteiger partial charge in [-0.3, -0.25) is 4.79 Å². The number of hydrogen-bond acceptors (Lipinski definition) is 5. The lowest BCUT2D eigenvalue weighted by molar-refractivity contribution is -0.142. The molecule has 0 unspecified atom stereocenters. The van der Waals surface area contributed by atoms with Crippen molar-refractivity contribution < 1.29 is 27.1 Å². The molecule has 4 rings (SSSR count). The number of hydrogen-bond donors (Lipinski definition) is 1. The Morgan fingerprint density at radius 1 is 1.19 bits per heavy atom. The quantitative estimate of drug-likeness (QED) is 0.500. The van der Waals surface area contributed by atoms with Crippen molar-refractivity contribution in [3.05, 3.63) is 71.7 Å². The molecule has 3 heterocycles. The Hall–Kier alpha value is -3.82. The minimum atomic E-state index is -4.70. The first kappa shape index (κ1) is 20.5. The van der Waals surface area contributed by atoms with E-state index in [-0.39, 0.29) is 29.3 Å². The van der Waals surface area contributed by atoms with Crippen molar-refractivity contribution >= 4 is 11.6 Å². The van der Waals surface area contributed by atoms with E-state index < -0.39 is 17.8 Å². The average molecular weight is 430 g/mol. The molecule has 0 radical (unpaired) electrons. The zero-order chi connectivity index (χ0) is 22.0. The zero-order valence-corrected chi connectivity index (χ0v) is 16.3. The molecule has 0 bridgehead atoms. The summed E-state index contributed by atoms with van der Waals surface area (Å²) in [4.78, 5) is 16.6. The number of aromatic nitrogens is 3. The summed E-state index contributed by atoms with van der Waals surface area (Å²) in [5.41, 5.74) is -0.358. The van der Waals surface area contributed by atoms with E-state index in [0.717, 1.165) is 17.4 Å². The van der Waals surface area contributed by atoms with Gasteiger partial charge in [-0.15, -0.1) is 0 Å². The summed E-state index contributed by atoms with van der Waals surface area (Å²) in [5.74, 6) is 0.311. The van der Waals surface area contributed by atoms with Crippen LogP contribution in [0.3, 0.4) is 0 Å². The molecule has 1 aromatic carbocycles. The molecule has 0 aliphatic heterocycles. The molecule has 7 nitrogen and oxygen atoms in total. The molecule has 3 aromatic heterocycles. The lowest BCUT2D eigenvalue weighted by Crippen LogP contribution is -2.26. The van der Waals surface area contributed by atoms with Gasteiger partial charge in [0.2, 0.25) is 0 Å². The second-order valence-corrected chi connectivity index (χ2v) is 6.66. The van der Waals surface area contributed by atoms with Crippen LogP contribution in [0, 0.1) is 0 Å². The van der Waals surface area contributed by atoms with Crippen LogP contribution in [0.25, 0.3) is 17.1 Å². The van der Waals surface area contributed by atoms with Crippen molar-refractivity contribution in [3.63, 3.8) is 0 Å². The van der Waals surface area contributed by atoms with Gasteiger partial charge in [0, 0.05) is 12.6 Å². The van der Waals surface area contributed by atoms with Crippen molar-refractivity contribution in [2.24, 2.45) is 0 Å². The summed E-state index contributed by atoms with van der Waals surface area (Å²) in [7, 11) is 1.57. The molecular weight excluding hydrogens is 413 g/mol. The van der Waals surface area contributed by atoms with Gasteiger partial charge in [0.1, 0.15) is 11.4 Å². The highest BCUT2D eigenvalue weighted by Gasteiger charge is 2.36. The van der Waals surface area contributed by atoms with Crippen LogP contribution in [0.5, 0.6) is 5.75 Å². The number of fused-ring (bicyclic) bond motifs is 1. The summed E-state index contributed by atoms with van der Waals surface area (Å²) in [6.45, 7) is 0.288. The summed E-state index contributed by atoms with van der Waals surface area (Å²) in [6.07, 6.45) is -2.82. The summed E-state index contributed by atoms with van der Waals surface area (Å²) >= 11 is 0. The topological polar surface area (TPSA) is 81.7 Å². The van der Waals surface area contributed by atoms with Gasteiger partial charge in [-0.1, -0.05) is 12.1 Å². The van der Waals surface area contributed by atoms with E-state index in [0.29, 0.717) is 10.9 Å². The minimum absolute atomic E-state index is 0.00353. The number of rotatable bonds is 6. The number of carbonyl (C=O) groups is 1. The average Bonchev–Trinajstić information content (AvgIpc) is 3.42. The summed E-state index contributed by atoms with van der Waals surface area (Å²) in [6, 6.07) is 12.4.